The number of hydrogen-bond acceptors (Lipinski definition) is 6. The van der Waals surface area contributed by atoms with E-state index in [0.717, 1.165) is 25.0 Å². The van der Waals surface area contributed by atoms with Crippen molar-refractivity contribution in [2.45, 2.75) is 45.1 Å². The summed E-state index contributed by atoms with van der Waals surface area (Å²) in [6.07, 6.45) is 6.92. The molecule has 2 atom stereocenters. The Morgan fingerprint density at radius 3 is 2.89 bits per heavy atom. The molecule has 7 nitrogen and oxygen atoms in total. The summed E-state index contributed by atoms with van der Waals surface area (Å²) in [4.78, 5) is 18.0. The first-order valence-corrected chi connectivity index (χ1v) is 6.59. The number of anilines is 2. The van der Waals surface area contributed by atoms with Crippen LogP contribution in [0, 0.1) is 16.0 Å². The van der Waals surface area contributed by atoms with Gasteiger partial charge in [-0.15, -0.1) is 0 Å². The van der Waals surface area contributed by atoms with Crippen molar-refractivity contribution in [3.63, 3.8) is 0 Å². The molecule has 7 heteroatoms. The smallest absolute Gasteiger partial charge is 0.329 e. The fourth-order valence-corrected chi connectivity index (χ4v) is 2.41. The van der Waals surface area contributed by atoms with Crippen LogP contribution in [0.15, 0.2) is 6.20 Å². The van der Waals surface area contributed by atoms with Crippen molar-refractivity contribution in [2.24, 2.45) is 5.92 Å². The Morgan fingerprint density at radius 2 is 2.21 bits per heavy atom. The summed E-state index contributed by atoms with van der Waals surface area (Å²) in [5.74, 6) is 1.04. The van der Waals surface area contributed by atoms with Crippen molar-refractivity contribution < 1.29 is 4.92 Å². The molecule has 1 aromatic rings. The summed E-state index contributed by atoms with van der Waals surface area (Å²) < 4.78 is 0. The molecule has 1 aliphatic carbocycles. The Bertz CT molecular complexity index is 465. The molecule has 2 rings (SSSR count). The summed E-state index contributed by atoms with van der Waals surface area (Å²) in [5.41, 5.74) is 5.30. The molecule has 3 N–H and O–H groups in total. The van der Waals surface area contributed by atoms with Crippen LogP contribution >= 0.6 is 0 Å². The third-order valence-corrected chi connectivity index (χ3v) is 3.59. The van der Waals surface area contributed by atoms with E-state index in [1.165, 1.54) is 19.3 Å². The third kappa shape index (κ3) is 3.52. The van der Waals surface area contributed by atoms with Gasteiger partial charge < -0.3 is 11.1 Å². The molecule has 0 spiro atoms. The van der Waals surface area contributed by atoms with Gasteiger partial charge in [0.2, 0.25) is 11.8 Å². The maximum atomic E-state index is 10.6. The summed E-state index contributed by atoms with van der Waals surface area (Å²) >= 11 is 0. The molecule has 2 unspecified atom stereocenters. The summed E-state index contributed by atoms with van der Waals surface area (Å²) in [5, 5.41) is 13.9. The van der Waals surface area contributed by atoms with Gasteiger partial charge in [-0.05, 0) is 25.2 Å². The number of hydrogen-bond donors (Lipinski definition) is 2. The zero-order valence-corrected chi connectivity index (χ0v) is 11.0. The molecule has 1 saturated carbocycles. The highest BCUT2D eigenvalue weighted by atomic mass is 16.6. The van der Waals surface area contributed by atoms with Gasteiger partial charge >= 0.3 is 5.69 Å². The molecule has 1 fully saturated rings. The minimum absolute atomic E-state index is 0.0931. The zero-order chi connectivity index (χ0) is 13.8. The van der Waals surface area contributed by atoms with Crippen LogP contribution in [0.1, 0.15) is 39.0 Å². The summed E-state index contributed by atoms with van der Waals surface area (Å²) in [6.45, 7) is 2.27. The molecule has 1 aromatic heterocycles. The van der Waals surface area contributed by atoms with E-state index in [4.69, 9.17) is 5.73 Å². The highest BCUT2D eigenvalue weighted by molar-refractivity contribution is 5.53. The second-order valence-corrected chi connectivity index (χ2v) is 5.18. The number of aromatic nitrogens is 2. The molecular weight excluding hydrogens is 246 g/mol. The standard InChI is InChI=1S/C12H19N5O2/c1-8-3-2-4-9(6-5-8)15-12-14-7-10(17(18)19)11(13)16-12/h7-9H,2-6H2,1H3,(H3,13,14,15,16). The van der Waals surface area contributed by atoms with E-state index in [9.17, 15) is 10.1 Å². The van der Waals surface area contributed by atoms with E-state index in [0.29, 0.717) is 12.0 Å². The van der Waals surface area contributed by atoms with E-state index < -0.39 is 4.92 Å². The van der Waals surface area contributed by atoms with Gasteiger partial charge in [-0.1, -0.05) is 19.8 Å². The minimum atomic E-state index is -0.577. The van der Waals surface area contributed by atoms with Crippen LogP contribution in [0.5, 0.6) is 0 Å². The van der Waals surface area contributed by atoms with Gasteiger partial charge in [-0.2, -0.15) is 4.98 Å². The largest absolute Gasteiger partial charge is 0.378 e. The molecule has 0 bridgehead atoms. The highest BCUT2D eigenvalue weighted by Gasteiger charge is 2.19. The zero-order valence-electron chi connectivity index (χ0n) is 11.0. The number of nitrogens with two attached hydrogens (primary N) is 1. The number of rotatable bonds is 3. The molecule has 0 amide bonds. The van der Waals surface area contributed by atoms with Crippen LogP contribution in [0.2, 0.25) is 0 Å². The Labute approximate surface area is 111 Å². The molecule has 0 radical (unpaired) electrons. The van der Waals surface area contributed by atoms with Crippen LogP contribution in [-0.4, -0.2) is 20.9 Å². The van der Waals surface area contributed by atoms with Crippen molar-refractivity contribution >= 4 is 17.5 Å². The number of nitro groups is 1. The first-order chi connectivity index (χ1) is 9.06. The topological polar surface area (TPSA) is 107 Å². The SMILES string of the molecule is CC1CCCC(Nc2ncc([N+](=O)[O-])c(N)n2)CC1. The fourth-order valence-electron chi connectivity index (χ4n) is 2.41. The molecule has 0 saturated heterocycles. The second-order valence-electron chi connectivity index (χ2n) is 5.18. The molecule has 1 heterocycles. The monoisotopic (exact) mass is 265 g/mol. The first-order valence-electron chi connectivity index (χ1n) is 6.59. The lowest BCUT2D eigenvalue weighted by atomic mass is 10.0. The molecule has 104 valence electrons. The molecule has 19 heavy (non-hydrogen) atoms. The fraction of sp³-hybridized carbons (Fsp3) is 0.667. The molecule has 1 aliphatic rings. The average Bonchev–Trinajstić information content (AvgIpc) is 2.54. The van der Waals surface area contributed by atoms with Crippen LogP contribution in [-0.2, 0) is 0 Å². The predicted octanol–water partition coefficient (Wildman–Crippen LogP) is 2.35. The van der Waals surface area contributed by atoms with Crippen LogP contribution in [0.4, 0.5) is 17.5 Å². The van der Waals surface area contributed by atoms with Gasteiger partial charge in [-0.3, -0.25) is 10.1 Å². The normalized spacial score (nSPS) is 23.6. The first kappa shape index (κ1) is 13.5. The van der Waals surface area contributed by atoms with Gasteiger partial charge in [0.15, 0.2) is 0 Å². The Kier molecular flexibility index (Phi) is 4.13. The summed E-state index contributed by atoms with van der Waals surface area (Å²) in [6, 6.07) is 0.325. The van der Waals surface area contributed by atoms with Crippen molar-refractivity contribution in [2.75, 3.05) is 11.1 Å². The lowest BCUT2D eigenvalue weighted by molar-refractivity contribution is -0.384. The predicted molar refractivity (Wildman–Crippen MR) is 72.8 cm³/mol. The third-order valence-electron chi connectivity index (χ3n) is 3.59. The quantitative estimate of drug-likeness (QED) is 0.493. The van der Waals surface area contributed by atoms with E-state index in [1.807, 2.05) is 0 Å². The maximum Gasteiger partial charge on any atom is 0.329 e. The van der Waals surface area contributed by atoms with Gasteiger partial charge in [0.1, 0.15) is 6.20 Å². The van der Waals surface area contributed by atoms with Gasteiger partial charge in [-0.25, -0.2) is 4.98 Å². The number of nitrogens with zero attached hydrogens (tertiary/aromatic N) is 3. The van der Waals surface area contributed by atoms with Crippen molar-refractivity contribution in [1.29, 1.82) is 0 Å². The van der Waals surface area contributed by atoms with E-state index >= 15 is 0 Å². The Hall–Kier alpha value is -1.92. The Morgan fingerprint density at radius 1 is 1.42 bits per heavy atom. The molecule has 0 aromatic carbocycles. The summed E-state index contributed by atoms with van der Waals surface area (Å²) in [7, 11) is 0. The van der Waals surface area contributed by atoms with Crippen molar-refractivity contribution in [3.05, 3.63) is 16.3 Å². The molecule has 0 aliphatic heterocycles. The van der Waals surface area contributed by atoms with E-state index in [2.05, 4.69) is 22.2 Å². The number of nitrogen functional groups attached to an aromatic ring is 1. The van der Waals surface area contributed by atoms with Crippen molar-refractivity contribution in [1.82, 2.24) is 9.97 Å². The van der Waals surface area contributed by atoms with Gasteiger partial charge in [0, 0.05) is 6.04 Å². The van der Waals surface area contributed by atoms with Crippen LogP contribution in [0.25, 0.3) is 0 Å². The van der Waals surface area contributed by atoms with Crippen LogP contribution in [0.3, 0.4) is 0 Å². The number of nitrogens with one attached hydrogen (secondary N) is 1. The van der Waals surface area contributed by atoms with Gasteiger partial charge in [0.05, 0.1) is 4.92 Å². The highest BCUT2D eigenvalue weighted by Crippen LogP contribution is 2.25. The van der Waals surface area contributed by atoms with Gasteiger partial charge in [0.25, 0.3) is 0 Å². The molecular formula is C12H19N5O2. The van der Waals surface area contributed by atoms with Crippen molar-refractivity contribution in [3.8, 4) is 0 Å². The lowest BCUT2D eigenvalue weighted by Gasteiger charge is -2.16. The van der Waals surface area contributed by atoms with E-state index in [1.54, 1.807) is 0 Å². The lowest BCUT2D eigenvalue weighted by Crippen LogP contribution is -2.20. The van der Waals surface area contributed by atoms with Crippen LogP contribution < -0.4 is 11.1 Å². The maximum absolute atomic E-state index is 10.6. The van der Waals surface area contributed by atoms with E-state index in [-0.39, 0.29) is 11.5 Å². The Balaban J connectivity index is 2.03. The second kappa shape index (κ2) is 5.81. The minimum Gasteiger partial charge on any atom is -0.378 e. The average molecular weight is 265 g/mol.